The quantitative estimate of drug-likeness (QED) is 0.607. The topological polar surface area (TPSA) is 0 Å². The van der Waals surface area contributed by atoms with E-state index in [1.807, 2.05) is 11.8 Å². The first-order valence-corrected chi connectivity index (χ1v) is 5.78. The normalized spacial score (nSPS) is 26.7. The third kappa shape index (κ3) is 1.39. The average molecular weight is 192 g/mol. The van der Waals surface area contributed by atoms with Gasteiger partial charge in [-0.1, -0.05) is 25.5 Å². The molecule has 0 bridgehead atoms. The molecule has 70 valence electrons. The van der Waals surface area contributed by atoms with Crippen molar-refractivity contribution in [2.45, 2.75) is 32.9 Å². The summed E-state index contributed by atoms with van der Waals surface area (Å²) >= 11 is 2.00. The smallest absolute Gasteiger partial charge is 0.0282 e. The van der Waals surface area contributed by atoms with Gasteiger partial charge in [0, 0.05) is 10.2 Å². The second kappa shape index (κ2) is 3.06. The minimum atomic E-state index is 0.661. The Kier molecular flexibility index (Phi) is 2.15. The van der Waals surface area contributed by atoms with Crippen molar-refractivity contribution < 1.29 is 0 Å². The zero-order valence-corrected chi connectivity index (χ0v) is 9.53. The van der Waals surface area contributed by atoms with Crippen LogP contribution in [-0.2, 0) is 0 Å². The fourth-order valence-corrected chi connectivity index (χ4v) is 2.98. The van der Waals surface area contributed by atoms with Crippen LogP contribution in [0.25, 0.3) is 0 Å². The van der Waals surface area contributed by atoms with Crippen LogP contribution in [-0.4, -0.2) is 5.25 Å². The summed E-state index contributed by atoms with van der Waals surface area (Å²) in [5.74, 6) is 0.661. The van der Waals surface area contributed by atoms with E-state index in [9.17, 15) is 0 Å². The Labute approximate surface area is 84.8 Å². The number of thioether (sulfide) groups is 1. The maximum atomic E-state index is 2.37. The molecule has 0 aromatic rings. The van der Waals surface area contributed by atoms with Crippen molar-refractivity contribution >= 4 is 11.8 Å². The molecule has 0 nitrogen and oxygen atoms in total. The molecule has 0 saturated heterocycles. The molecule has 1 atom stereocenters. The minimum Gasteiger partial charge on any atom is -0.118 e. The van der Waals surface area contributed by atoms with Crippen LogP contribution in [0.3, 0.4) is 0 Å². The first-order chi connectivity index (χ1) is 6.09. The molecule has 0 radical (unpaired) electrons. The van der Waals surface area contributed by atoms with Crippen molar-refractivity contribution in [1.82, 2.24) is 0 Å². The van der Waals surface area contributed by atoms with Crippen LogP contribution in [0.4, 0.5) is 0 Å². The van der Waals surface area contributed by atoms with Gasteiger partial charge in [-0.3, -0.25) is 0 Å². The van der Waals surface area contributed by atoms with Crippen LogP contribution in [0.15, 0.2) is 33.8 Å². The summed E-state index contributed by atoms with van der Waals surface area (Å²) in [5.41, 5.74) is 4.54. The molecule has 0 aromatic heterocycles. The summed E-state index contributed by atoms with van der Waals surface area (Å²) in [4.78, 5) is 1.49. The molecule has 1 heteroatoms. The third-order valence-electron chi connectivity index (χ3n) is 2.88. The fraction of sp³-hybridized carbons (Fsp3) is 0.500. The van der Waals surface area contributed by atoms with Gasteiger partial charge < -0.3 is 0 Å². The molecular weight excluding hydrogens is 176 g/mol. The predicted octanol–water partition coefficient (Wildman–Crippen LogP) is 3.92. The highest BCUT2D eigenvalue weighted by molar-refractivity contribution is 8.04. The first-order valence-electron chi connectivity index (χ1n) is 4.90. The molecule has 0 spiro atoms. The summed E-state index contributed by atoms with van der Waals surface area (Å²) in [6.45, 7) is 9.06. The van der Waals surface area contributed by atoms with Crippen molar-refractivity contribution in [3.05, 3.63) is 33.8 Å². The second-order valence-corrected chi connectivity index (χ2v) is 5.55. The molecule has 2 aliphatic rings. The lowest BCUT2D eigenvalue weighted by Crippen LogP contribution is -1.92. The molecule has 1 unspecified atom stereocenters. The third-order valence-corrected chi connectivity index (χ3v) is 4.18. The molecular formula is C12H16S. The minimum absolute atomic E-state index is 0.661. The van der Waals surface area contributed by atoms with Gasteiger partial charge in [-0.05, 0) is 37.0 Å². The summed E-state index contributed by atoms with van der Waals surface area (Å²) in [6.07, 6.45) is 4.73. The second-order valence-electron chi connectivity index (χ2n) is 4.16. The van der Waals surface area contributed by atoms with Crippen LogP contribution >= 0.6 is 11.8 Å². The van der Waals surface area contributed by atoms with E-state index >= 15 is 0 Å². The van der Waals surface area contributed by atoms with Crippen molar-refractivity contribution in [3.63, 3.8) is 0 Å². The summed E-state index contributed by atoms with van der Waals surface area (Å²) < 4.78 is 0. The first kappa shape index (κ1) is 9.14. The molecule has 0 amide bonds. The van der Waals surface area contributed by atoms with E-state index in [1.54, 1.807) is 5.57 Å². The van der Waals surface area contributed by atoms with Gasteiger partial charge in [0.25, 0.3) is 0 Å². The SMILES string of the molecule is CC1=C2C=C(C(C)C)C=C2SC1C. The monoisotopic (exact) mass is 192 g/mol. The highest BCUT2D eigenvalue weighted by Crippen LogP contribution is 2.46. The number of fused-ring (bicyclic) bond motifs is 1. The molecule has 0 aromatic carbocycles. The van der Waals surface area contributed by atoms with Crippen molar-refractivity contribution in [3.8, 4) is 0 Å². The highest BCUT2D eigenvalue weighted by atomic mass is 32.2. The number of hydrogen-bond donors (Lipinski definition) is 0. The van der Waals surface area contributed by atoms with Gasteiger partial charge in [-0.25, -0.2) is 0 Å². The van der Waals surface area contributed by atoms with Crippen LogP contribution in [0.5, 0.6) is 0 Å². The molecule has 0 saturated carbocycles. The van der Waals surface area contributed by atoms with Crippen molar-refractivity contribution in [2.75, 3.05) is 0 Å². The maximum Gasteiger partial charge on any atom is 0.0282 e. The lowest BCUT2D eigenvalue weighted by atomic mass is 10.0. The molecule has 1 aliphatic heterocycles. The molecule has 0 fully saturated rings. The van der Waals surface area contributed by atoms with Gasteiger partial charge in [0.2, 0.25) is 0 Å². The Morgan fingerprint density at radius 1 is 1.31 bits per heavy atom. The largest absolute Gasteiger partial charge is 0.118 e. The molecule has 2 rings (SSSR count). The van der Waals surface area contributed by atoms with E-state index in [4.69, 9.17) is 0 Å². The van der Waals surface area contributed by atoms with Gasteiger partial charge in [-0.2, -0.15) is 0 Å². The van der Waals surface area contributed by atoms with Crippen molar-refractivity contribution in [2.24, 2.45) is 5.92 Å². The Morgan fingerprint density at radius 2 is 2.00 bits per heavy atom. The summed E-state index contributed by atoms with van der Waals surface area (Å²) in [6, 6.07) is 0. The van der Waals surface area contributed by atoms with E-state index in [0.29, 0.717) is 11.2 Å². The number of hydrogen-bond acceptors (Lipinski definition) is 1. The summed E-state index contributed by atoms with van der Waals surface area (Å²) in [5, 5.41) is 0.686. The van der Waals surface area contributed by atoms with E-state index in [0.717, 1.165) is 0 Å². The molecule has 1 aliphatic carbocycles. The Morgan fingerprint density at radius 3 is 2.54 bits per heavy atom. The zero-order valence-electron chi connectivity index (χ0n) is 8.72. The average Bonchev–Trinajstić information content (AvgIpc) is 2.55. The number of rotatable bonds is 1. The van der Waals surface area contributed by atoms with E-state index in [2.05, 4.69) is 39.8 Å². The van der Waals surface area contributed by atoms with E-state index in [-0.39, 0.29) is 0 Å². The fourth-order valence-electron chi connectivity index (χ4n) is 1.75. The Hall–Kier alpha value is -0.430. The number of allylic oxidation sites excluding steroid dienone is 4. The van der Waals surface area contributed by atoms with Gasteiger partial charge >= 0.3 is 0 Å². The Bertz CT molecular complexity index is 329. The zero-order chi connectivity index (χ0) is 9.59. The van der Waals surface area contributed by atoms with Crippen LogP contribution < -0.4 is 0 Å². The van der Waals surface area contributed by atoms with Gasteiger partial charge in [-0.15, -0.1) is 11.8 Å². The maximum absolute atomic E-state index is 2.37. The van der Waals surface area contributed by atoms with Gasteiger partial charge in [0.1, 0.15) is 0 Å². The van der Waals surface area contributed by atoms with Gasteiger partial charge in [0.15, 0.2) is 0 Å². The van der Waals surface area contributed by atoms with Crippen molar-refractivity contribution in [1.29, 1.82) is 0 Å². The van der Waals surface area contributed by atoms with Crippen LogP contribution in [0.1, 0.15) is 27.7 Å². The van der Waals surface area contributed by atoms with Gasteiger partial charge in [0.05, 0.1) is 0 Å². The molecule has 13 heavy (non-hydrogen) atoms. The van der Waals surface area contributed by atoms with Crippen LogP contribution in [0.2, 0.25) is 0 Å². The highest BCUT2D eigenvalue weighted by Gasteiger charge is 2.26. The lowest BCUT2D eigenvalue weighted by Gasteiger charge is -2.04. The summed E-state index contributed by atoms with van der Waals surface area (Å²) in [7, 11) is 0. The van der Waals surface area contributed by atoms with Crippen LogP contribution in [0, 0.1) is 5.92 Å². The molecule has 0 N–H and O–H groups in total. The lowest BCUT2D eigenvalue weighted by molar-refractivity contribution is 0.794. The van der Waals surface area contributed by atoms with E-state index in [1.165, 1.54) is 16.1 Å². The predicted molar refractivity (Wildman–Crippen MR) is 60.8 cm³/mol. The van der Waals surface area contributed by atoms with E-state index < -0.39 is 0 Å². The Balaban J connectivity index is 2.38. The molecule has 1 heterocycles. The standard InChI is InChI=1S/C12H16S/c1-7(2)10-5-11-8(3)9(4)13-12(11)6-10/h5-7,9H,1-4H3.